The number of nitrogens with zero attached hydrogens (tertiary/aromatic N) is 1. The molecule has 8 rings (SSSR count). The van der Waals surface area contributed by atoms with Gasteiger partial charge in [0.15, 0.2) is 11.2 Å². The Hall–Kier alpha value is -4.45. The highest BCUT2D eigenvalue weighted by Crippen LogP contribution is 2.50. The summed E-state index contributed by atoms with van der Waals surface area (Å²) in [4.78, 5) is 44.8. The Balaban J connectivity index is 1.17. The molecule has 1 saturated carbocycles. The molecule has 5 aliphatic rings. The number of aryl methyl sites for hydroxylation is 1. The molecule has 0 bridgehead atoms. The number of quaternary nitrogens is 1. The van der Waals surface area contributed by atoms with Crippen LogP contribution in [0.1, 0.15) is 82.1 Å². The molecular weight excluding hydrogens is 787 g/mol. The van der Waals surface area contributed by atoms with Crippen molar-refractivity contribution in [2.75, 3.05) is 19.8 Å². The fourth-order valence-electron chi connectivity index (χ4n) is 10.4. The van der Waals surface area contributed by atoms with Gasteiger partial charge in [-0.25, -0.2) is 9.78 Å². The predicted octanol–water partition coefficient (Wildman–Crippen LogP) is 2.50. The molecule has 15 heteroatoms. The van der Waals surface area contributed by atoms with Gasteiger partial charge in [-0.2, -0.15) is 0 Å². The Labute approximate surface area is 353 Å². The molecule has 15 nitrogen and oxygen atoms in total. The van der Waals surface area contributed by atoms with Crippen LogP contribution in [-0.2, 0) is 27.4 Å². The highest BCUT2D eigenvalue weighted by atomic mass is 17.2. The van der Waals surface area contributed by atoms with Crippen molar-refractivity contribution >= 4 is 28.8 Å². The van der Waals surface area contributed by atoms with Crippen molar-refractivity contribution in [2.24, 2.45) is 16.3 Å². The minimum atomic E-state index is -2.27. The summed E-state index contributed by atoms with van der Waals surface area (Å²) in [5.41, 5.74) is 0.105. The van der Waals surface area contributed by atoms with Gasteiger partial charge < -0.3 is 45.1 Å². The second kappa shape index (κ2) is 17.0. The Morgan fingerprint density at radius 1 is 1.10 bits per heavy atom. The lowest BCUT2D eigenvalue weighted by molar-refractivity contribution is -0.793. The Morgan fingerprint density at radius 3 is 2.57 bits per heavy atom. The van der Waals surface area contributed by atoms with Gasteiger partial charge in [0.05, 0.1) is 17.4 Å². The number of hydrogen-bond acceptors (Lipinski definition) is 13. The largest absolute Gasteiger partial charge is 0.508 e. The van der Waals surface area contributed by atoms with E-state index in [0.717, 1.165) is 54.7 Å². The monoisotopic (exact) mass is 844 g/mol. The van der Waals surface area contributed by atoms with Gasteiger partial charge in [-0.15, -0.1) is 0 Å². The second-order valence-electron chi connectivity index (χ2n) is 17.9. The number of amides is 1. The number of carbonyl (C=O) groups excluding carboxylic acids is 1. The van der Waals surface area contributed by atoms with Gasteiger partial charge in [0.25, 0.3) is 0 Å². The summed E-state index contributed by atoms with van der Waals surface area (Å²) < 4.78 is 13.7. The molecule has 2 fully saturated rings. The number of aliphatic hydroxyl groups is 5. The maximum Gasteiger partial charge on any atom is 0.226 e. The Kier molecular flexibility index (Phi) is 12.1. The number of aliphatic imine (C=N–C) groups is 1. The SMILES string of the molecule is CCC1C2=CC=NC2=C[NH+]1c1c2c(cc3c(=O)cc(C)oc13)C[C@@H](OOC[C@@](O)(Cc1ccc(O)cc1)[C@@H](O)[C@H](O)[C@H](O)CO)[C@@](C)(CC[C@@H]1CNC(=O)C13CCCCC3)O2. The first-order chi connectivity index (χ1) is 29.2. The van der Waals surface area contributed by atoms with E-state index in [4.69, 9.17) is 18.9 Å². The number of phenolic OH excluding ortho intramolecular Hbond substituents is 1. The minimum Gasteiger partial charge on any atom is -0.508 e. The fourth-order valence-corrected chi connectivity index (χ4v) is 10.4. The van der Waals surface area contributed by atoms with E-state index in [2.05, 4.69) is 17.2 Å². The maximum atomic E-state index is 13.7. The number of rotatable bonds is 15. The molecule has 2 unspecified atom stereocenters. The molecule has 2 aromatic carbocycles. The lowest BCUT2D eigenvalue weighted by atomic mass is 9.65. The average Bonchev–Trinajstić information content (AvgIpc) is 3.93. The van der Waals surface area contributed by atoms with Crippen LogP contribution in [0.25, 0.3) is 11.0 Å². The second-order valence-corrected chi connectivity index (χ2v) is 17.9. The van der Waals surface area contributed by atoms with Crippen LogP contribution in [0.3, 0.4) is 0 Å². The number of allylic oxidation sites excluding steroid dienone is 1. The molecule has 0 radical (unpaired) electrons. The summed E-state index contributed by atoms with van der Waals surface area (Å²) in [6.07, 6.45) is 5.67. The van der Waals surface area contributed by atoms with E-state index >= 15 is 0 Å². The van der Waals surface area contributed by atoms with Gasteiger partial charge in [-0.1, -0.05) is 38.3 Å². The van der Waals surface area contributed by atoms with Crippen LogP contribution in [0.15, 0.2) is 74.1 Å². The molecule has 1 amide bonds. The molecule has 8 N–H and O–H groups in total. The summed E-state index contributed by atoms with van der Waals surface area (Å²) in [5.74, 6) is 1.14. The van der Waals surface area contributed by atoms with Gasteiger partial charge in [0.2, 0.25) is 17.2 Å². The smallest absolute Gasteiger partial charge is 0.226 e. The van der Waals surface area contributed by atoms with Crippen LogP contribution >= 0.6 is 0 Å². The number of aliphatic hydroxyl groups excluding tert-OH is 4. The van der Waals surface area contributed by atoms with Gasteiger partial charge in [0, 0.05) is 49.2 Å². The topological polar surface area (TPSA) is 225 Å². The zero-order chi connectivity index (χ0) is 43.3. The number of carbonyl (C=O) groups is 1. The molecule has 3 aromatic rings. The molecular formula is C46H58N3O12+. The third-order valence-corrected chi connectivity index (χ3v) is 14.0. The van der Waals surface area contributed by atoms with E-state index in [9.17, 15) is 40.2 Å². The highest BCUT2D eigenvalue weighted by molar-refractivity contribution is 5.90. The quantitative estimate of drug-likeness (QED) is 0.0817. The van der Waals surface area contributed by atoms with Crippen molar-refractivity contribution in [3.63, 3.8) is 0 Å². The van der Waals surface area contributed by atoms with Crippen molar-refractivity contribution < 1.29 is 59.3 Å². The van der Waals surface area contributed by atoms with E-state index in [1.165, 1.54) is 30.3 Å². The molecule has 1 aliphatic carbocycles. The zero-order valence-corrected chi connectivity index (χ0v) is 34.9. The molecule has 4 aliphatic heterocycles. The lowest BCUT2D eigenvalue weighted by Crippen LogP contribution is -3.05. The molecule has 1 saturated heterocycles. The minimum absolute atomic E-state index is 0.0161. The van der Waals surface area contributed by atoms with Crippen LogP contribution in [0, 0.1) is 18.3 Å². The fraction of sp³-hybridized carbons (Fsp3) is 0.543. The van der Waals surface area contributed by atoms with Crippen LogP contribution < -0.4 is 20.4 Å². The van der Waals surface area contributed by atoms with Crippen LogP contribution in [0.4, 0.5) is 5.69 Å². The van der Waals surface area contributed by atoms with E-state index in [0.29, 0.717) is 58.7 Å². The molecule has 328 valence electrons. The van der Waals surface area contributed by atoms with Crippen molar-refractivity contribution in [1.29, 1.82) is 0 Å². The average molecular weight is 845 g/mol. The standard InChI is InChI=1S/C46H57N3O12/c1-4-34-31-13-17-47-33(31)23-49(34)38-40-28(19-32-35(52)18-26(2)59-41(32)38)20-37(44(3,60-40)16-12-29-22-48-43(56)45(29)14-6-5-7-15-45)61-58-25-46(57,42(55)39(54)36(53)24-50)21-27-8-10-30(51)11-9-27/h8-11,13,17-19,23,29,34,36-37,39,42,50-51,53-55,57H,4-7,12,14-16,20-22,24-25H2,1-3H3,(H,48,56)/p+1/t29-,34?,36-,37-,39-,42+,44-,46+/m1/s1. The number of ether oxygens (including phenoxy) is 1. The number of hydrogen-bond donors (Lipinski definition) is 8. The van der Waals surface area contributed by atoms with Crippen LogP contribution in [0.2, 0.25) is 0 Å². The predicted molar refractivity (Wildman–Crippen MR) is 223 cm³/mol. The summed E-state index contributed by atoms with van der Waals surface area (Å²) in [7, 11) is 0. The first kappa shape index (κ1) is 43.2. The lowest BCUT2D eigenvalue weighted by Gasteiger charge is -2.44. The number of nitrogens with one attached hydrogen (secondary N) is 2. The van der Waals surface area contributed by atoms with Crippen molar-refractivity contribution in [3.05, 3.63) is 87.1 Å². The summed E-state index contributed by atoms with van der Waals surface area (Å²) in [6.45, 7) is 4.76. The third kappa shape index (κ3) is 7.95. The van der Waals surface area contributed by atoms with E-state index in [-0.39, 0.29) is 41.9 Å². The number of phenols is 1. The van der Waals surface area contributed by atoms with Crippen LogP contribution in [-0.4, -0.2) is 104 Å². The summed E-state index contributed by atoms with van der Waals surface area (Å²) in [6, 6.07) is 9.07. The van der Waals surface area contributed by atoms with Crippen molar-refractivity contribution in [3.8, 4) is 11.5 Å². The first-order valence-electron chi connectivity index (χ1n) is 21.5. The molecule has 1 spiro atoms. The Bertz CT molecular complexity index is 2280. The summed E-state index contributed by atoms with van der Waals surface area (Å²) >= 11 is 0. The molecule has 9 atom stereocenters. The highest BCUT2D eigenvalue weighted by Gasteiger charge is 2.53. The zero-order valence-electron chi connectivity index (χ0n) is 34.9. The van der Waals surface area contributed by atoms with Gasteiger partial charge in [0.1, 0.15) is 71.7 Å². The number of benzene rings is 2. The molecule has 5 heterocycles. The molecule has 1 aromatic heterocycles. The Morgan fingerprint density at radius 2 is 1.85 bits per heavy atom. The number of aromatic hydroxyl groups is 1. The van der Waals surface area contributed by atoms with Gasteiger partial charge >= 0.3 is 0 Å². The van der Waals surface area contributed by atoms with Crippen molar-refractivity contribution in [1.82, 2.24) is 5.32 Å². The third-order valence-electron chi connectivity index (χ3n) is 14.0. The normalized spacial score (nSPS) is 27.8. The van der Waals surface area contributed by atoms with E-state index < -0.39 is 54.2 Å². The maximum absolute atomic E-state index is 13.7. The number of fused-ring (bicyclic) bond motifs is 3. The van der Waals surface area contributed by atoms with E-state index in [1.807, 2.05) is 19.2 Å². The van der Waals surface area contributed by atoms with Crippen molar-refractivity contribution in [2.45, 2.75) is 127 Å². The van der Waals surface area contributed by atoms with E-state index in [1.54, 1.807) is 19.2 Å². The van der Waals surface area contributed by atoms with Gasteiger partial charge in [-0.05, 0) is 75.3 Å². The molecule has 61 heavy (non-hydrogen) atoms. The van der Waals surface area contributed by atoms with Gasteiger partial charge in [-0.3, -0.25) is 19.5 Å². The summed E-state index contributed by atoms with van der Waals surface area (Å²) in [5, 5.41) is 67.2. The van der Waals surface area contributed by atoms with Crippen LogP contribution in [0.5, 0.6) is 11.5 Å². The first-order valence-corrected chi connectivity index (χ1v) is 21.5.